The van der Waals surface area contributed by atoms with Crippen LogP contribution in [-0.2, 0) is 0 Å². The second kappa shape index (κ2) is 3.42. The summed E-state index contributed by atoms with van der Waals surface area (Å²) in [7, 11) is 0. The van der Waals surface area contributed by atoms with E-state index in [1.165, 1.54) is 16.5 Å². The van der Waals surface area contributed by atoms with Crippen molar-refractivity contribution in [3.05, 3.63) is 47.3 Å². The number of nitrogens with zero attached hydrogens (tertiary/aromatic N) is 2. The van der Waals surface area contributed by atoms with Gasteiger partial charge in [-0.1, -0.05) is 11.6 Å². The van der Waals surface area contributed by atoms with Crippen LogP contribution in [0.5, 0.6) is 0 Å². The predicted molar refractivity (Wildman–Crippen MR) is 67.6 cm³/mol. The molecule has 0 spiro atoms. The molecule has 3 nitrogen and oxygen atoms in total. The molecule has 2 aromatic heterocycles. The van der Waals surface area contributed by atoms with E-state index < -0.39 is 0 Å². The van der Waals surface area contributed by atoms with Gasteiger partial charge >= 0.3 is 0 Å². The minimum atomic E-state index is 0.592. The lowest BCUT2D eigenvalue weighted by Gasteiger charge is -2.07. The molecule has 0 atom stereocenters. The van der Waals surface area contributed by atoms with E-state index in [9.17, 15) is 4.79 Å². The van der Waals surface area contributed by atoms with E-state index >= 15 is 0 Å². The largest absolute Gasteiger partial charge is 0.296 e. The molecule has 0 aliphatic heterocycles. The SMILES string of the molecule is Cc1ccc2c(c1)c(C)cc1ncc(C=O)n12. The molecule has 3 aromatic rings. The molecule has 3 heteroatoms. The topological polar surface area (TPSA) is 34.4 Å². The van der Waals surface area contributed by atoms with Gasteiger partial charge in [-0.3, -0.25) is 9.20 Å². The molecule has 0 bridgehead atoms. The molecule has 2 heterocycles. The Morgan fingerprint density at radius 2 is 2.06 bits per heavy atom. The number of hydrogen-bond acceptors (Lipinski definition) is 2. The number of imidazole rings is 1. The molecule has 0 unspecified atom stereocenters. The van der Waals surface area contributed by atoms with Crippen LogP contribution in [0, 0.1) is 13.8 Å². The van der Waals surface area contributed by atoms with Crippen LogP contribution < -0.4 is 0 Å². The zero-order valence-corrected chi connectivity index (χ0v) is 9.77. The molecule has 84 valence electrons. The Bertz CT molecular complexity index is 741. The van der Waals surface area contributed by atoms with Gasteiger partial charge in [0.05, 0.1) is 11.7 Å². The summed E-state index contributed by atoms with van der Waals surface area (Å²) >= 11 is 0. The van der Waals surface area contributed by atoms with Crippen LogP contribution in [0.1, 0.15) is 21.6 Å². The van der Waals surface area contributed by atoms with E-state index in [-0.39, 0.29) is 0 Å². The van der Waals surface area contributed by atoms with Crippen molar-refractivity contribution in [3.8, 4) is 0 Å². The van der Waals surface area contributed by atoms with Gasteiger partial charge in [-0.05, 0) is 37.6 Å². The van der Waals surface area contributed by atoms with Gasteiger partial charge in [-0.2, -0.15) is 0 Å². The first-order valence-corrected chi connectivity index (χ1v) is 5.53. The van der Waals surface area contributed by atoms with E-state index in [4.69, 9.17) is 0 Å². The molecule has 0 saturated carbocycles. The van der Waals surface area contributed by atoms with Crippen LogP contribution in [-0.4, -0.2) is 15.7 Å². The lowest BCUT2D eigenvalue weighted by molar-refractivity contribution is 0.111. The fourth-order valence-electron chi connectivity index (χ4n) is 2.26. The summed E-state index contributed by atoms with van der Waals surface area (Å²) in [6, 6.07) is 8.24. The third-order valence-corrected chi connectivity index (χ3v) is 3.10. The fraction of sp³-hybridized carbons (Fsp3) is 0.143. The van der Waals surface area contributed by atoms with Gasteiger partial charge in [0.25, 0.3) is 0 Å². The summed E-state index contributed by atoms with van der Waals surface area (Å²) in [6.07, 6.45) is 2.45. The molecule has 0 aliphatic carbocycles. The molecule has 0 radical (unpaired) electrons. The molecule has 1 aromatic carbocycles. The summed E-state index contributed by atoms with van der Waals surface area (Å²) in [6.45, 7) is 4.13. The highest BCUT2D eigenvalue weighted by molar-refractivity contribution is 5.89. The summed E-state index contributed by atoms with van der Waals surface area (Å²) in [5, 5.41) is 1.17. The average Bonchev–Trinajstić information content (AvgIpc) is 2.72. The molecule has 3 rings (SSSR count). The van der Waals surface area contributed by atoms with Gasteiger partial charge in [0.2, 0.25) is 0 Å². The van der Waals surface area contributed by atoms with Crippen LogP contribution in [0.15, 0.2) is 30.5 Å². The first-order valence-electron chi connectivity index (χ1n) is 5.53. The Kier molecular flexibility index (Phi) is 2.01. The molecule has 0 saturated heterocycles. The molecule has 17 heavy (non-hydrogen) atoms. The van der Waals surface area contributed by atoms with Crippen LogP contribution in [0.3, 0.4) is 0 Å². The van der Waals surface area contributed by atoms with Crippen molar-refractivity contribution in [2.45, 2.75) is 13.8 Å². The number of carbonyl (C=O) groups is 1. The van der Waals surface area contributed by atoms with Crippen LogP contribution >= 0.6 is 0 Å². The van der Waals surface area contributed by atoms with Crippen molar-refractivity contribution >= 4 is 22.8 Å². The second-order valence-corrected chi connectivity index (χ2v) is 4.34. The molecule has 0 N–H and O–H groups in total. The van der Waals surface area contributed by atoms with Gasteiger partial charge in [0, 0.05) is 5.39 Å². The Morgan fingerprint density at radius 3 is 2.82 bits per heavy atom. The maximum absolute atomic E-state index is 11.0. The third-order valence-electron chi connectivity index (χ3n) is 3.10. The fourth-order valence-corrected chi connectivity index (χ4v) is 2.26. The Hall–Kier alpha value is -2.16. The number of fused-ring (bicyclic) bond motifs is 3. The van der Waals surface area contributed by atoms with Crippen molar-refractivity contribution in [1.29, 1.82) is 0 Å². The molecule has 0 amide bonds. The number of rotatable bonds is 1. The van der Waals surface area contributed by atoms with Crippen molar-refractivity contribution in [2.75, 3.05) is 0 Å². The maximum Gasteiger partial charge on any atom is 0.168 e. The smallest absolute Gasteiger partial charge is 0.168 e. The van der Waals surface area contributed by atoms with E-state index in [0.717, 1.165) is 17.5 Å². The van der Waals surface area contributed by atoms with Crippen LogP contribution in [0.4, 0.5) is 0 Å². The number of aldehydes is 1. The van der Waals surface area contributed by atoms with Crippen LogP contribution in [0.2, 0.25) is 0 Å². The van der Waals surface area contributed by atoms with Gasteiger partial charge in [-0.25, -0.2) is 4.98 Å². The number of benzene rings is 1. The highest BCUT2D eigenvalue weighted by atomic mass is 16.1. The summed E-state index contributed by atoms with van der Waals surface area (Å²) in [4.78, 5) is 15.3. The highest BCUT2D eigenvalue weighted by Gasteiger charge is 2.08. The normalized spacial score (nSPS) is 11.2. The number of carbonyl (C=O) groups excluding carboxylic acids is 1. The Balaban J connectivity index is 2.60. The lowest BCUT2D eigenvalue weighted by Crippen LogP contribution is -1.95. The quantitative estimate of drug-likeness (QED) is 0.595. The number of pyridine rings is 1. The molecular weight excluding hydrogens is 212 g/mol. The number of hydrogen-bond donors (Lipinski definition) is 0. The summed E-state index contributed by atoms with van der Waals surface area (Å²) in [5.41, 5.74) is 4.84. The first-order chi connectivity index (χ1) is 8.20. The van der Waals surface area contributed by atoms with E-state index in [2.05, 4.69) is 31.0 Å². The average molecular weight is 224 g/mol. The zero-order chi connectivity index (χ0) is 12.0. The van der Waals surface area contributed by atoms with Crippen molar-refractivity contribution < 1.29 is 4.79 Å². The number of aromatic nitrogens is 2. The van der Waals surface area contributed by atoms with Gasteiger partial charge < -0.3 is 0 Å². The second-order valence-electron chi connectivity index (χ2n) is 4.34. The van der Waals surface area contributed by atoms with Crippen molar-refractivity contribution in [1.82, 2.24) is 9.38 Å². The minimum Gasteiger partial charge on any atom is -0.296 e. The standard InChI is InChI=1S/C14H12N2O/c1-9-3-4-13-12(5-9)10(2)6-14-15-7-11(8-17)16(13)14/h3-8H,1-2H3. The Morgan fingerprint density at radius 1 is 1.24 bits per heavy atom. The first kappa shape index (κ1) is 10.0. The Labute approximate surface area is 98.7 Å². The molecular formula is C14H12N2O. The lowest BCUT2D eigenvalue weighted by atomic mass is 10.1. The van der Waals surface area contributed by atoms with E-state index in [0.29, 0.717) is 5.69 Å². The minimum absolute atomic E-state index is 0.592. The third kappa shape index (κ3) is 1.35. The summed E-state index contributed by atoms with van der Waals surface area (Å²) < 4.78 is 1.90. The zero-order valence-electron chi connectivity index (χ0n) is 9.77. The molecule has 0 aliphatic rings. The summed E-state index contributed by atoms with van der Waals surface area (Å²) in [5.74, 6) is 0. The van der Waals surface area contributed by atoms with Crippen LogP contribution in [0.25, 0.3) is 16.6 Å². The highest BCUT2D eigenvalue weighted by Crippen LogP contribution is 2.23. The molecule has 0 fully saturated rings. The van der Waals surface area contributed by atoms with Gasteiger partial charge in [0.15, 0.2) is 6.29 Å². The van der Waals surface area contributed by atoms with E-state index in [1.807, 2.05) is 16.5 Å². The maximum atomic E-state index is 11.0. The van der Waals surface area contributed by atoms with Crippen molar-refractivity contribution in [3.63, 3.8) is 0 Å². The van der Waals surface area contributed by atoms with Crippen molar-refractivity contribution in [2.24, 2.45) is 0 Å². The van der Waals surface area contributed by atoms with Gasteiger partial charge in [0.1, 0.15) is 11.3 Å². The monoisotopic (exact) mass is 224 g/mol. The number of aryl methyl sites for hydroxylation is 2. The van der Waals surface area contributed by atoms with Gasteiger partial charge in [-0.15, -0.1) is 0 Å². The predicted octanol–water partition coefficient (Wildman–Crippen LogP) is 2.92. The van der Waals surface area contributed by atoms with E-state index in [1.54, 1.807) is 6.20 Å².